The molecule has 2 aromatic heterocycles. The van der Waals surface area contributed by atoms with Crippen LogP contribution in [0.4, 0.5) is 15.3 Å². The molecule has 2 fully saturated rings. The third kappa shape index (κ3) is 6.62. The van der Waals surface area contributed by atoms with Crippen molar-refractivity contribution in [3.8, 4) is 22.4 Å². The molecule has 216 valence electrons. The lowest BCUT2D eigenvalue weighted by atomic mass is 9.86. The van der Waals surface area contributed by atoms with E-state index in [0.29, 0.717) is 49.5 Å². The summed E-state index contributed by atoms with van der Waals surface area (Å²) in [6.45, 7) is 1.84. The topological polar surface area (TPSA) is 113 Å². The number of aromatic nitrogens is 2. The first-order valence-corrected chi connectivity index (χ1v) is 14.7. The number of carbonyl (C=O) groups is 3. The fourth-order valence-corrected chi connectivity index (χ4v) is 6.31. The monoisotopic (exact) mass is 580 g/mol. The summed E-state index contributed by atoms with van der Waals surface area (Å²) >= 11 is 0.753. The molecule has 1 atom stereocenters. The lowest BCUT2D eigenvalue weighted by Gasteiger charge is -2.27. The maximum atomic E-state index is 15.4. The van der Waals surface area contributed by atoms with Crippen LogP contribution in [0.3, 0.4) is 0 Å². The molecule has 3 aromatic rings. The van der Waals surface area contributed by atoms with E-state index in [2.05, 4.69) is 9.97 Å². The molecule has 4 heterocycles. The average Bonchev–Trinajstić information content (AvgIpc) is 3.38. The number of rotatable bonds is 9. The van der Waals surface area contributed by atoms with Gasteiger partial charge in [-0.05, 0) is 55.7 Å². The standard InChI is InChI=1S/C30H33FN4O5S/c1-34(29(39)21(17-26(37)38)16-19-11-14-40-15-12-19)30-33-27(28(31)41-30)23-7-3-2-6-22(23)20-9-10-24(32-18-20)35-13-5-4-8-25(35)36/h2-3,6-7,9-10,18-19,21H,4-5,8,11-17H2,1H3,(H,37,38)/t21-/m1/s1. The van der Waals surface area contributed by atoms with Gasteiger partial charge < -0.3 is 9.84 Å². The van der Waals surface area contributed by atoms with E-state index >= 15 is 4.39 Å². The Labute approximate surface area is 242 Å². The fraction of sp³-hybridized carbons (Fsp3) is 0.433. The number of pyridine rings is 1. The lowest BCUT2D eigenvalue weighted by molar-refractivity contribution is -0.141. The lowest BCUT2D eigenvalue weighted by Crippen LogP contribution is -2.35. The maximum Gasteiger partial charge on any atom is 0.304 e. The molecule has 1 aromatic carbocycles. The Morgan fingerprint density at radius 1 is 1.17 bits per heavy atom. The van der Waals surface area contributed by atoms with Crippen LogP contribution < -0.4 is 9.80 Å². The van der Waals surface area contributed by atoms with Crippen LogP contribution in [-0.2, 0) is 19.1 Å². The second-order valence-corrected chi connectivity index (χ2v) is 11.5. The highest BCUT2D eigenvalue weighted by Crippen LogP contribution is 2.38. The van der Waals surface area contributed by atoms with Gasteiger partial charge >= 0.3 is 5.97 Å². The number of amides is 2. The molecule has 5 rings (SSSR count). The van der Waals surface area contributed by atoms with E-state index in [4.69, 9.17) is 4.74 Å². The van der Waals surface area contributed by atoms with Crippen molar-refractivity contribution in [2.75, 3.05) is 36.6 Å². The molecule has 0 saturated carbocycles. The zero-order valence-electron chi connectivity index (χ0n) is 22.9. The number of halogens is 1. The predicted octanol–water partition coefficient (Wildman–Crippen LogP) is 5.40. The van der Waals surface area contributed by atoms with Gasteiger partial charge in [0.1, 0.15) is 11.5 Å². The highest BCUT2D eigenvalue weighted by molar-refractivity contribution is 7.14. The molecule has 2 saturated heterocycles. The zero-order chi connectivity index (χ0) is 28.9. The molecule has 0 unspecified atom stereocenters. The second kappa shape index (κ2) is 12.9. The van der Waals surface area contributed by atoms with E-state index in [0.717, 1.165) is 42.6 Å². The fourth-order valence-electron chi connectivity index (χ4n) is 5.53. The molecule has 1 N–H and O–H groups in total. The van der Waals surface area contributed by atoms with Gasteiger partial charge in [-0.2, -0.15) is 4.39 Å². The molecule has 2 aliphatic rings. The van der Waals surface area contributed by atoms with Gasteiger partial charge in [-0.3, -0.25) is 24.2 Å². The van der Waals surface area contributed by atoms with Crippen LogP contribution >= 0.6 is 11.3 Å². The van der Waals surface area contributed by atoms with E-state index in [9.17, 15) is 19.5 Å². The number of ether oxygens (including phenoxy) is 1. The number of hydrogen-bond acceptors (Lipinski definition) is 7. The SMILES string of the molecule is CN(C(=O)[C@@H](CC(=O)O)CC1CCOCC1)c1nc(-c2ccccc2-c2ccc(N3CCCCC3=O)nc2)c(F)s1. The van der Waals surface area contributed by atoms with Crippen LogP contribution in [-0.4, -0.2) is 59.7 Å². The highest BCUT2D eigenvalue weighted by atomic mass is 32.1. The summed E-state index contributed by atoms with van der Waals surface area (Å²) in [5.41, 5.74) is 2.10. The van der Waals surface area contributed by atoms with Crippen molar-refractivity contribution in [2.24, 2.45) is 11.8 Å². The van der Waals surface area contributed by atoms with Crippen LogP contribution in [0.2, 0.25) is 0 Å². The number of aliphatic carboxylic acids is 1. The largest absolute Gasteiger partial charge is 0.481 e. The summed E-state index contributed by atoms with van der Waals surface area (Å²) in [5, 5.41) is 9.08. The number of benzene rings is 1. The Balaban J connectivity index is 1.38. The van der Waals surface area contributed by atoms with Crippen LogP contribution in [0.1, 0.15) is 44.9 Å². The number of piperidine rings is 1. The van der Waals surface area contributed by atoms with Gasteiger partial charge in [0.05, 0.1) is 6.42 Å². The number of carboxylic acid groups (broad SMARTS) is 1. The number of thiazole rings is 1. The van der Waals surface area contributed by atoms with Crippen molar-refractivity contribution in [3.05, 3.63) is 47.7 Å². The van der Waals surface area contributed by atoms with Crippen LogP contribution in [0.15, 0.2) is 42.6 Å². The number of nitrogens with zero attached hydrogens (tertiary/aromatic N) is 4. The Morgan fingerprint density at radius 3 is 2.61 bits per heavy atom. The molecule has 2 aliphatic heterocycles. The summed E-state index contributed by atoms with van der Waals surface area (Å²) < 4.78 is 20.8. The number of anilines is 2. The Bertz CT molecular complexity index is 1410. The van der Waals surface area contributed by atoms with Gasteiger partial charge in [0.15, 0.2) is 5.13 Å². The first-order chi connectivity index (χ1) is 19.8. The summed E-state index contributed by atoms with van der Waals surface area (Å²) in [5.74, 6) is -1.32. The first-order valence-electron chi connectivity index (χ1n) is 13.9. The molecule has 11 heteroatoms. The van der Waals surface area contributed by atoms with Crippen LogP contribution in [0, 0.1) is 17.0 Å². The van der Waals surface area contributed by atoms with Gasteiger partial charge in [-0.1, -0.05) is 35.6 Å². The normalized spacial score (nSPS) is 16.9. The molecule has 9 nitrogen and oxygen atoms in total. The minimum absolute atomic E-state index is 0.0611. The molecule has 41 heavy (non-hydrogen) atoms. The number of carbonyl (C=O) groups excluding carboxylic acids is 2. The molecule has 0 spiro atoms. The maximum absolute atomic E-state index is 15.4. The number of hydrogen-bond donors (Lipinski definition) is 1. The van der Waals surface area contributed by atoms with E-state index in [1.54, 1.807) is 29.3 Å². The van der Waals surface area contributed by atoms with Crippen LogP contribution in [0.25, 0.3) is 22.4 Å². The third-order valence-electron chi connectivity index (χ3n) is 7.76. The molecule has 0 bridgehead atoms. The quantitative estimate of drug-likeness (QED) is 0.361. The van der Waals surface area contributed by atoms with E-state index in [-0.39, 0.29) is 35.0 Å². The highest BCUT2D eigenvalue weighted by Gasteiger charge is 2.31. The van der Waals surface area contributed by atoms with Crippen molar-refractivity contribution in [2.45, 2.75) is 44.9 Å². The molecule has 0 aliphatic carbocycles. The van der Waals surface area contributed by atoms with Crippen molar-refractivity contribution in [1.82, 2.24) is 9.97 Å². The molecular formula is C30H33FN4O5S. The van der Waals surface area contributed by atoms with Gasteiger partial charge in [0.2, 0.25) is 16.9 Å². The third-order valence-corrected chi connectivity index (χ3v) is 8.68. The van der Waals surface area contributed by atoms with Crippen molar-refractivity contribution < 1.29 is 28.6 Å². The van der Waals surface area contributed by atoms with E-state index in [1.165, 1.54) is 11.9 Å². The smallest absolute Gasteiger partial charge is 0.304 e. The Morgan fingerprint density at radius 2 is 1.93 bits per heavy atom. The van der Waals surface area contributed by atoms with Gasteiger partial charge in [-0.15, -0.1) is 0 Å². The van der Waals surface area contributed by atoms with Crippen molar-refractivity contribution in [1.29, 1.82) is 0 Å². The second-order valence-electron chi connectivity index (χ2n) is 10.6. The van der Waals surface area contributed by atoms with Crippen molar-refractivity contribution >= 4 is 40.1 Å². The van der Waals surface area contributed by atoms with Gasteiger partial charge in [0.25, 0.3) is 0 Å². The van der Waals surface area contributed by atoms with E-state index < -0.39 is 17.0 Å². The summed E-state index contributed by atoms with van der Waals surface area (Å²) in [6, 6.07) is 10.9. The predicted molar refractivity (Wildman–Crippen MR) is 154 cm³/mol. The summed E-state index contributed by atoms with van der Waals surface area (Å²) in [7, 11) is 1.51. The molecule has 0 radical (unpaired) electrons. The zero-order valence-corrected chi connectivity index (χ0v) is 23.7. The Kier molecular flexibility index (Phi) is 9.04. The van der Waals surface area contributed by atoms with Gasteiger partial charge in [-0.25, -0.2) is 9.97 Å². The summed E-state index contributed by atoms with van der Waals surface area (Å²) in [6.07, 6.45) is 5.72. The molecule has 2 amide bonds. The van der Waals surface area contributed by atoms with E-state index in [1.807, 2.05) is 18.2 Å². The minimum Gasteiger partial charge on any atom is -0.481 e. The van der Waals surface area contributed by atoms with Crippen LogP contribution in [0.5, 0.6) is 0 Å². The summed E-state index contributed by atoms with van der Waals surface area (Å²) in [4.78, 5) is 49.3. The first kappa shape index (κ1) is 28.8. The van der Waals surface area contributed by atoms with Crippen molar-refractivity contribution in [3.63, 3.8) is 0 Å². The Hall–Kier alpha value is -3.70. The minimum atomic E-state index is -1.05. The van der Waals surface area contributed by atoms with Gasteiger partial charge in [0, 0.05) is 56.5 Å². The molecular weight excluding hydrogens is 547 g/mol. The average molecular weight is 581 g/mol. The number of carboxylic acids is 1.